The minimum Gasteiger partial charge on any atom is -0.480 e. The van der Waals surface area contributed by atoms with Crippen molar-refractivity contribution < 1.29 is 19.5 Å². The molecule has 2 aliphatic rings. The average Bonchev–Trinajstić information content (AvgIpc) is 3.31. The summed E-state index contributed by atoms with van der Waals surface area (Å²) in [4.78, 5) is 39.3. The summed E-state index contributed by atoms with van der Waals surface area (Å²) in [6.07, 6.45) is 3.06. The molecule has 1 atom stereocenters. The van der Waals surface area contributed by atoms with E-state index in [0.717, 1.165) is 12.8 Å². The molecular formula is C16H26N2O4. The highest BCUT2D eigenvalue weighted by molar-refractivity contribution is 5.86. The molecule has 1 saturated carbocycles. The van der Waals surface area contributed by atoms with E-state index in [9.17, 15) is 19.5 Å². The molecule has 22 heavy (non-hydrogen) atoms. The van der Waals surface area contributed by atoms with E-state index in [4.69, 9.17) is 0 Å². The molecule has 1 N–H and O–H groups in total. The van der Waals surface area contributed by atoms with Gasteiger partial charge in [0.05, 0.1) is 0 Å². The molecule has 1 aliphatic carbocycles. The van der Waals surface area contributed by atoms with Crippen molar-refractivity contribution in [2.24, 2.45) is 11.8 Å². The predicted molar refractivity (Wildman–Crippen MR) is 81.1 cm³/mol. The highest BCUT2D eigenvalue weighted by atomic mass is 16.4. The Labute approximate surface area is 131 Å². The molecule has 0 spiro atoms. The Kier molecular flexibility index (Phi) is 5.08. The van der Waals surface area contributed by atoms with E-state index in [2.05, 4.69) is 0 Å². The summed E-state index contributed by atoms with van der Waals surface area (Å²) in [5, 5.41) is 9.21. The minimum absolute atomic E-state index is 0.0257. The molecule has 6 heteroatoms. The number of piperidine rings is 1. The van der Waals surface area contributed by atoms with Gasteiger partial charge in [-0.1, -0.05) is 13.8 Å². The second-order valence-electron chi connectivity index (χ2n) is 6.75. The first-order valence-electron chi connectivity index (χ1n) is 8.16. The first kappa shape index (κ1) is 16.8. The Bertz CT molecular complexity index is 451. The van der Waals surface area contributed by atoms with Gasteiger partial charge in [0, 0.05) is 31.0 Å². The summed E-state index contributed by atoms with van der Waals surface area (Å²) < 4.78 is 0. The van der Waals surface area contributed by atoms with Gasteiger partial charge in [-0.25, -0.2) is 4.79 Å². The number of nitrogens with zero attached hydrogens (tertiary/aromatic N) is 2. The number of rotatable bonds is 5. The van der Waals surface area contributed by atoms with Gasteiger partial charge in [-0.05, 0) is 32.6 Å². The molecule has 0 aromatic rings. The van der Waals surface area contributed by atoms with Crippen LogP contribution in [0.15, 0.2) is 0 Å². The van der Waals surface area contributed by atoms with Crippen LogP contribution < -0.4 is 0 Å². The Morgan fingerprint density at radius 3 is 2.00 bits per heavy atom. The number of carboxylic acids is 1. The van der Waals surface area contributed by atoms with Crippen molar-refractivity contribution >= 4 is 17.8 Å². The van der Waals surface area contributed by atoms with Crippen LogP contribution >= 0.6 is 0 Å². The summed E-state index contributed by atoms with van der Waals surface area (Å²) in [6.45, 7) is 6.52. The third-order valence-corrected chi connectivity index (χ3v) is 4.62. The van der Waals surface area contributed by atoms with E-state index in [1.54, 1.807) is 11.8 Å². The lowest BCUT2D eigenvalue weighted by Gasteiger charge is -2.36. The quantitative estimate of drug-likeness (QED) is 0.831. The smallest absolute Gasteiger partial charge is 0.326 e. The van der Waals surface area contributed by atoms with Crippen LogP contribution in [0.25, 0.3) is 0 Å². The Morgan fingerprint density at radius 2 is 1.59 bits per heavy atom. The topological polar surface area (TPSA) is 77.9 Å². The third kappa shape index (κ3) is 3.59. The van der Waals surface area contributed by atoms with Gasteiger partial charge in [-0.3, -0.25) is 9.59 Å². The number of carbonyl (C=O) groups is 3. The van der Waals surface area contributed by atoms with E-state index < -0.39 is 12.0 Å². The molecule has 2 rings (SSSR count). The summed E-state index contributed by atoms with van der Waals surface area (Å²) in [6, 6.07) is -0.677. The molecule has 1 aliphatic heterocycles. The van der Waals surface area contributed by atoms with Gasteiger partial charge in [0.2, 0.25) is 11.8 Å². The SMILES string of the molecule is CC(C)C(=O)N1CCC(C(=O)N(C2CC2)C(C)C(=O)O)CC1. The molecule has 0 bridgehead atoms. The summed E-state index contributed by atoms with van der Waals surface area (Å²) in [5.41, 5.74) is 0. The van der Waals surface area contributed by atoms with Crippen molar-refractivity contribution in [1.82, 2.24) is 9.80 Å². The van der Waals surface area contributed by atoms with Crippen molar-refractivity contribution in [3.05, 3.63) is 0 Å². The zero-order valence-electron chi connectivity index (χ0n) is 13.6. The second kappa shape index (κ2) is 6.67. The van der Waals surface area contributed by atoms with Crippen LogP contribution in [-0.4, -0.2) is 57.9 Å². The van der Waals surface area contributed by atoms with Crippen LogP contribution in [0.1, 0.15) is 46.5 Å². The van der Waals surface area contributed by atoms with Gasteiger partial charge in [0.1, 0.15) is 6.04 Å². The molecule has 0 aromatic carbocycles. The number of carbonyl (C=O) groups excluding carboxylic acids is 2. The summed E-state index contributed by atoms with van der Waals surface area (Å²) >= 11 is 0. The molecule has 124 valence electrons. The fourth-order valence-electron chi connectivity index (χ4n) is 3.08. The van der Waals surface area contributed by atoms with E-state index in [1.807, 2.05) is 18.7 Å². The van der Waals surface area contributed by atoms with Crippen molar-refractivity contribution in [3.8, 4) is 0 Å². The van der Waals surface area contributed by atoms with E-state index in [0.29, 0.717) is 25.9 Å². The van der Waals surface area contributed by atoms with Crippen LogP contribution in [0, 0.1) is 11.8 Å². The van der Waals surface area contributed by atoms with Crippen molar-refractivity contribution in [2.45, 2.75) is 58.5 Å². The Hall–Kier alpha value is -1.59. The maximum atomic E-state index is 12.7. The Balaban J connectivity index is 1.96. The molecule has 1 saturated heterocycles. The van der Waals surface area contributed by atoms with Gasteiger partial charge in [0.15, 0.2) is 0 Å². The zero-order chi connectivity index (χ0) is 16.4. The second-order valence-corrected chi connectivity index (χ2v) is 6.75. The lowest BCUT2D eigenvalue weighted by Crippen LogP contribution is -2.50. The normalized spacial score (nSPS) is 20.8. The van der Waals surface area contributed by atoms with Gasteiger partial charge in [-0.2, -0.15) is 0 Å². The van der Waals surface area contributed by atoms with Gasteiger partial charge >= 0.3 is 5.97 Å². The zero-order valence-corrected chi connectivity index (χ0v) is 13.6. The van der Waals surface area contributed by atoms with Crippen LogP contribution in [0.5, 0.6) is 0 Å². The molecule has 1 heterocycles. The number of hydrogen-bond donors (Lipinski definition) is 1. The predicted octanol–water partition coefficient (Wildman–Crippen LogP) is 1.35. The Morgan fingerprint density at radius 1 is 1.05 bits per heavy atom. The summed E-state index contributed by atoms with van der Waals surface area (Å²) in [5.74, 6) is -1.05. The number of carboxylic acid groups (broad SMARTS) is 1. The van der Waals surface area contributed by atoms with E-state index in [1.165, 1.54) is 0 Å². The highest BCUT2D eigenvalue weighted by Gasteiger charge is 2.41. The lowest BCUT2D eigenvalue weighted by molar-refractivity contribution is -0.153. The van der Waals surface area contributed by atoms with Gasteiger partial charge in [0.25, 0.3) is 0 Å². The number of aliphatic carboxylic acids is 1. The monoisotopic (exact) mass is 310 g/mol. The van der Waals surface area contributed by atoms with Crippen LogP contribution in [0.3, 0.4) is 0 Å². The number of amides is 2. The van der Waals surface area contributed by atoms with E-state index in [-0.39, 0.29) is 29.7 Å². The van der Waals surface area contributed by atoms with Crippen molar-refractivity contribution in [3.63, 3.8) is 0 Å². The maximum absolute atomic E-state index is 12.7. The molecular weight excluding hydrogens is 284 g/mol. The van der Waals surface area contributed by atoms with Crippen molar-refractivity contribution in [2.75, 3.05) is 13.1 Å². The fourth-order valence-corrected chi connectivity index (χ4v) is 3.08. The first-order chi connectivity index (χ1) is 10.3. The van der Waals surface area contributed by atoms with Gasteiger partial charge < -0.3 is 14.9 Å². The fraction of sp³-hybridized carbons (Fsp3) is 0.812. The largest absolute Gasteiger partial charge is 0.480 e. The van der Waals surface area contributed by atoms with E-state index >= 15 is 0 Å². The van der Waals surface area contributed by atoms with Crippen molar-refractivity contribution in [1.29, 1.82) is 0 Å². The first-order valence-corrected chi connectivity index (χ1v) is 8.16. The molecule has 0 aromatic heterocycles. The standard InChI is InChI=1S/C16H26N2O4/c1-10(2)14(19)17-8-6-12(7-9-17)15(20)18(13-4-5-13)11(3)16(21)22/h10-13H,4-9H2,1-3H3,(H,21,22). The molecule has 2 fully saturated rings. The minimum atomic E-state index is -0.951. The number of likely N-dealkylation sites (tertiary alicyclic amines) is 1. The van der Waals surface area contributed by atoms with Crippen LogP contribution in [0.4, 0.5) is 0 Å². The number of hydrogen-bond acceptors (Lipinski definition) is 3. The van der Waals surface area contributed by atoms with Crippen LogP contribution in [0.2, 0.25) is 0 Å². The third-order valence-electron chi connectivity index (χ3n) is 4.62. The lowest BCUT2D eigenvalue weighted by atomic mass is 9.94. The summed E-state index contributed by atoms with van der Waals surface area (Å²) in [7, 11) is 0. The van der Waals surface area contributed by atoms with Crippen LogP contribution in [-0.2, 0) is 14.4 Å². The molecule has 6 nitrogen and oxygen atoms in total. The highest BCUT2D eigenvalue weighted by Crippen LogP contribution is 2.32. The molecule has 1 unspecified atom stereocenters. The maximum Gasteiger partial charge on any atom is 0.326 e. The molecule has 2 amide bonds. The molecule has 0 radical (unpaired) electrons. The average molecular weight is 310 g/mol. The van der Waals surface area contributed by atoms with Gasteiger partial charge in [-0.15, -0.1) is 0 Å².